The fourth-order valence-corrected chi connectivity index (χ4v) is 4.45. The second kappa shape index (κ2) is 23.9. The van der Waals surface area contributed by atoms with Crippen molar-refractivity contribution < 1.29 is 4.79 Å². The van der Waals surface area contributed by atoms with Crippen molar-refractivity contribution in [3.05, 3.63) is 0 Å². The number of hydrogen-bond donors (Lipinski definition) is 0. The molecule has 0 rings (SSSR count). The van der Waals surface area contributed by atoms with Gasteiger partial charge in [-0.3, -0.25) is 4.79 Å². The second-order valence-electron chi connectivity index (χ2n) is 9.50. The first-order valence-corrected chi connectivity index (χ1v) is 13.8. The van der Waals surface area contributed by atoms with Crippen molar-refractivity contribution in [2.45, 2.75) is 168 Å². The minimum absolute atomic E-state index is 0.372. The van der Waals surface area contributed by atoms with Gasteiger partial charge in [0.2, 0.25) is 0 Å². The number of Topliss-reactive ketones (excluding diaryl/α,β-unsaturated/α-hetero) is 1. The lowest BCUT2D eigenvalue weighted by Crippen LogP contribution is -2.14. The van der Waals surface area contributed by atoms with E-state index in [4.69, 9.17) is 0 Å². The number of hydrogen-bond acceptors (Lipinski definition) is 1. The van der Waals surface area contributed by atoms with Gasteiger partial charge in [0.25, 0.3) is 0 Å². The highest BCUT2D eigenvalue weighted by atomic mass is 16.1. The maximum atomic E-state index is 12.8. The highest BCUT2D eigenvalue weighted by Gasteiger charge is 2.17. The SMILES string of the molecule is CCCCCCCCCCCCCCC(=O)C(CCCCCC)CCCCCC. The molecule has 0 unspecified atom stereocenters. The molecule has 0 bridgehead atoms. The number of ketones is 1. The molecule has 0 heterocycles. The van der Waals surface area contributed by atoms with E-state index in [0.29, 0.717) is 11.7 Å². The van der Waals surface area contributed by atoms with Gasteiger partial charge in [-0.1, -0.05) is 143 Å². The third-order valence-corrected chi connectivity index (χ3v) is 6.54. The molecular weight excluding hydrogens is 352 g/mol. The molecular formula is C28H56O. The monoisotopic (exact) mass is 408 g/mol. The smallest absolute Gasteiger partial charge is 0.135 e. The Hall–Kier alpha value is -0.330. The normalized spacial score (nSPS) is 11.4. The summed E-state index contributed by atoms with van der Waals surface area (Å²) in [6, 6.07) is 0. The van der Waals surface area contributed by atoms with E-state index in [1.54, 1.807) is 0 Å². The number of carbonyl (C=O) groups is 1. The summed E-state index contributed by atoms with van der Waals surface area (Å²) in [5, 5.41) is 0. The summed E-state index contributed by atoms with van der Waals surface area (Å²) in [6.07, 6.45) is 30.0. The van der Waals surface area contributed by atoms with Crippen LogP contribution in [0.1, 0.15) is 168 Å². The van der Waals surface area contributed by atoms with Gasteiger partial charge in [-0.2, -0.15) is 0 Å². The molecule has 0 amide bonds. The fraction of sp³-hybridized carbons (Fsp3) is 0.964. The molecule has 0 N–H and O–H groups in total. The maximum Gasteiger partial charge on any atom is 0.135 e. The van der Waals surface area contributed by atoms with Gasteiger partial charge in [0.05, 0.1) is 0 Å². The Bertz CT molecular complexity index is 310. The van der Waals surface area contributed by atoms with Crippen LogP contribution in [0.25, 0.3) is 0 Å². The number of rotatable bonds is 24. The summed E-state index contributed by atoms with van der Waals surface area (Å²) in [5.41, 5.74) is 0. The molecule has 1 nitrogen and oxygen atoms in total. The number of unbranched alkanes of at least 4 members (excludes halogenated alkanes) is 17. The molecule has 0 aliphatic heterocycles. The van der Waals surface area contributed by atoms with Crippen molar-refractivity contribution in [2.24, 2.45) is 5.92 Å². The molecule has 1 heteroatoms. The predicted molar refractivity (Wildman–Crippen MR) is 132 cm³/mol. The van der Waals surface area contributed by atoms with E-state index >= 15 is 0 Å². The summed E-state index contributed by atoms with van der Waals surface area (Å²) in [7, 11) is 0. The van der Waals surface area contributed by atoms with Gasteiger partial charge in [-0.25, -0.2) is 0 Å². The van der Waals surface area contributed by atoms with Crippen LogP contribution in [0.3, 0.4) is 0 Å². The summed E-state index contributed by atoms with van der Waals surface area (Å²) in [5.74, 6) is 0.960. The van der Waals surface area contributed by atoms with Gasteiger partial charge in [-0.05, 0) is 19.3 Å². The van der Waals surface area contributed by atoms with E-state index in [9.17, 15) is 4.79 Å². The van der Waals surface area contributed by atoms with Crippen molar-refractivity contribution in [3.8, 4) is 0 Å². The van der Waals surface area contributed by atoms with Crippen LogP contribution in [0, 0.1) is 5.92 Å². The van der Waals surface area contributed by atoms with Crippen molar-refractivity contribution in [3.63, 3.8) is 0 Å². The molecule has 0 aliphatic rings. The molecule has 0 saturated heterocycles. The fourth-order valence-electron chi connectivity index (χ4n) is 4.45. The third kappa shape index (κ3) is 20.7. The maximum absolute atomic E-state index is 12.8. The second-order valence-corrected chi connectivity index (χ2v) is 9.50. The highest BCUT2D eigenvalue weighted by molar-refractivity contribution is 5.80. The van der Waals surface area contributed by atoms with Gasteiger partial charge in [0.15, 0.2) is 0 Å². The summed E-state index contributed by atoms with van der Waals surface area (Å²) in [6.45, 7) is 6.82. The van der Waals surface area contributed by atoms with E-state index in [0.717, 1.165) is 25.7 Å². The first-order valence-electron chi connectivity index (χ1n) is 13.8. The van der Waals surface area contributed by atoms with Gasteiger partial charge < -0.3 is 0 Å². The minimum atomic E-state index is 0.372. The summed E-state index contributed by atoms with van der Waals surface area (Å²) < 4.78 is 0. The van der Waals surface area contributed by atoms with Gasteiger partial charge in [-0.15, -0.1) is 0 Å². The molecule has 0 saturated carbocycles. The summed E-state index contributed by atoms with van der Waals surface area (Å²) >= 11 is 0. The van der Waals surface area contributed by atoms with Crippen molar-refractivity contribution in [1.82, 2.24) is 0 Å². The van der Waals surface area contributed by atoms with Crippen LogP contribution in [0.4, 0.5) is 0 Å². The minimum Gasteiger partial charge on any atom is -0.299 e. The lowest BCUT2D eigenvalue weighted by atomic mass is 9.88. The Morgan fingerprint density at radius 2 is 0.759 bits per heavy atom. The third-order valence-electron chi connectivity index (χ3n) is 6.54. The Morgan fingerprint density at radius 3 is 1.14 bits per heavy atom. The molecule has 0 aromatic carbocycles. The Balaban J connectivity index is 3.73. The number of carbonyl (C=O) groups excluding carboxylic acids is 1. The van der Waals surface area contributed by atoms with Gasteiger partial charge >= 0.3 is 0 Å². The largest absolute Gasteiger partial charge is 0.299 e. The van der Waals surface area contributed by atoms with Crippen molar-refractivity contribution in [1.29, 1.82) is 0 Å². The molecule has 29 heavy (non-hydrogen) atoms. The average molecular weight is 409 g/mol. The highest BCUT2D eigenvalue weighted by Crippen LogP contribution is 2.22. The Morgan fingerprint density at radius 1 is 0.448 bits per heavy atom. The first-order chi connectivity index (χ1) is 14.3. The summed E-state index contributed by atoms with van der Waals surface area (Å²) in [4.78, 5) is 12.8. The lowest BCUT2D eigenvalue weighted by molar-refractivity contribution is -0.123. The molecule has 0 aliphatic carbocycles. The molecule has 0 spiro atoms. The van der Waals surface area contributed by atoms with E-state index in [1.165, 1.54) is 122 Å². The molecule has 0 atom stereocenters. The molecule has 174 valence electrons. The lowest BCUT2D eigenvalue weighted by Gasteiger charge is -2.16. The van der Waals surface area contributed by atoms with Crippen LogP contribution in [-0.4, -0.2) is 5.78 Å². The quantitative estimate of drug-likeness (QED) is 0.145. The Labute approximate surface area is 185 Å². The Kier molecular flexibility index (Phi) is 23.7. The van der Waals surface area contributed by atoms with Crippen LogP contribution < -0.4 is 0 Å². The van der Waals surface area contributed by atoms with E-state index in [-0.39, 0.29) is 0 Å². The van der Waals surface area contributed by atoms with Crippen LogP contribution in [0.2, 0.25) is 0 Å². The van der Waals surface area contributed by atoms with Crippen LogP contribution >= 0.6 is 0 Å². The van der Waals surface area contributed by atoms with Crippen LogP contribution in [0.15, 0.2) is 0 Å². The van der Waals surface area contributed by atoms with Gasteiger partial charge in [0, 0.05) is 12.3 Å². The average Bonchev–Trinajstić information content (AvgIpc) is 2.73. The predicted octanol–water partition coefficient (Wildman–Crippen LogP) is 10.2. The van der Waals surface area contributed by atoms with E-state index < -0.39 is 0 Å². The van der Waals surface area contributed by atoms with E-state index in [2.05, 4.69) is 20.8 Å². The van der Waals surface area contributed by atoms with Crippen molar-refractivity contribution >= 4 is 5.78 Å². The standard InChI is InChI=1S/C28H56O/c1-4-7-10-13-14-15-16-17-18-19-20-23-26-28(29)27(24-21-11-8-5-2)25-22-12-9-6-3/h27H,4-26H2,1-3H3. The zero-order valence-corrected chi connectivity index (χ0v) is 20.7. The van der Waals surface area contributed by atoms with E-state index in [1.807, 2.05) is 0 Å². The zero-order chi connectivity index (χ0) is 21.4. The van der Waals surface area contributed by atoms with Gasteiger partial charge in [0.1, 0.15) is 5.78 Å². The molecule has 0 aromatic heterocycles. The molecule has 0 aromatic rings. The van der Waals surface area contributed by atoms with Crippen LogP contribution in [-0.2, 0) is 4.79 Å². The van der Waals surface area contributed by atoms with Crippen molar-refractivity contribution in [2.75, 3.05) is 0 Å². The van der Waals surface area contributed by atoms with Crippen LogP contribution in [0.5, 0.6) is 0 Å². The molecule has 0 fully saturated rings. The topological polar surface area (TPSA) is 17.1 Å². The zero-order valence-electron chi connectivity index (χ0n) is 20.7. The first kappa shape index (κ1) is 28.7. The molecule has 0 radical (unpaired) electrons.